The molecule has 0 aromatic heterocycles. The molecule has 2 aromatic rings. The molecule has 0 unspecified atom stereocenters. The van der Waals surface area contributed by atoms with E-state index in [2.05, 4.69) is 31.8 Å². The maximum absolute atomic E-state index is 11.9. The second-order valence-electron chi connectivity index (χ2n) is 4.90. The van der Waals surface area contributed by atoms with Crippen LogP contribution in [0.1, 0.15) is 21.5 Å². The number of hydrazone groups is 1. The number of carbonyl (C=O) groups is 2. The predicted octanol–water partition coefficient (Wildman–Crippen LogP) is 2.64. The maximum Gasteiger partial charge on any atom is 0.259 e. The van der Waals surface area contributed by atoms with Crippen LogP contribution in [0.5, 0.6) is 0 Å². The number of hydrogen-bond donors (Lipinski definition) is 2. The van der Waals surface area contributed by atoms with Crippen LogP contribution in [0.2, 0.25) is 0 Å². The molecule has 0 radical (unpaired) electrons. The van der Waals surface area contributed by atoms with Gasteiger partial charge in [0, 0.05) is 10.0 Å². The van der Waals surface area contributed by atoms with E-state index < -0.39 is 5.91 Å². The Hall–Kier alpha value is -2.47. The SMILES string of the molecule is Cc1ccc(C(=O)NCC(=O)N/N=C/c2cccc(Br)c2)cc1. The lowest BCUT2D eigenvalue weighted by molar-refractivity contribution is -0.120. The van der Waals surface area contributed by atoms with E-state index in [1.54, 1.807) is 12.1 Å². The number of amides is 2. The van der Waals surface area contributed by atoms with Gasteiger partial charge in [-0.3, -0.25) is 9.59 Å². The number of rotatable bonds is 5. The van der Waals surface area contributed by atoms with E-state index in [1.165, 1.54) is 6.21 Å². The lowest BCUT2D eigenvalue weighted by Gasteiger charge is -2.04. The number of nitrogens with one attached hydrogen (secondary N) is 2. The van der Waals surface area contributed by atoms with Crippen molar-refractivity contribution in [1.82, 2.24) is 10.7 Å². The van der Waals surface area contributed by atoms with Gasteiger partial charge in [0.25, 0.3) is 11.8 Å². The highest BCUT2D eigenvalue weighted by Crippen LogP contribution is 2.09. The van der Waals surface area contributed by atoms with Crippen molar-refractivity contribution in [3.05, 3.63) is 69.7 Å². The average Bonchev–Trinajstić information content (AvgIpc) is 2.53. The van der Waals surface area contributed by atoms with Crippen LogP contribution in [-0.2, 0) is 4.79 Å². The number of halogens is 1. The van der Waals surface area contributed by atoms with Crippen LogP contribution in [0, 0.1) is 6.92 Å². The van der Waals surface area contributed by atoms with Crippen molar-refractivity contribution in [3.63, 3.8) is 0 Å². The van der Waals surface area contributed by atoms with E-state index >= 15 is 0 Å². The summed E-state index contributed by atoms with van der Waals surface area (Å²) in [5, 5.41) is 6.39. The van der Waals surface area contributed by atoms with Crippen molar-refractivity contribution in [2.45, 2.75) is 6.92 Å². The number of hydrogen-bond acceptors (Lipinski definition) is 3. The Morgan fingerprint density at radius 3 is 2.61 bits per heavy atom. The first-order valence-electron chi connectivity index (χ1n) is 6.97. The monoisotopic (exact) mass is 373 g/mol. The molecule has 23 heavy (non-hydrogen) atoms. The first kappa shape index (κ1) is 16.9. The Labute approximate surface area is 142 Å². The molecule has 2 amide bonds. The van der Waals surface area contributed by atoms with Crippen molar-refractivity contribution in [3.8, 4) is 0 Å². The summed E-state index contributed by atoms with van der Waals surface area (Å²) in [5.41, 5.74) is 4.80. The van der Waals surface area contributed by atoms with Gasteiger partial charge in [0.1, 0.15) is 0 Å². The van der Waals surface area contributed by atoms with Gasteiger partial charge in [-0.05, 0) is 36.8 Å². The van der Waals surface area contributed by atoms with Crippen LogP contribution in [0.3, 0.4) is 0 Å². The molecule has 0 aliphatic carbocycles. The van der Waals surface area contributed by atoms with E-state index in [0.29, 0.717) is 5.56 Å². The van der Waals surface area contributed by atoms with E-state index in [0.717, 1.165) is 15.6 Å². The molecular weight excluding hydrogens is 358 g/mol. The molecule has 0 aliphatic rings. The third kappa shape index (κ3) is 5.67. The number of aryl methyl sites for hydroxylation is 1. The van der Waals surface area contributed by atoms with Gasteiger partial charge in [-0.25, -0.2) is 5.43 Å². The zero-order chi connectivity index (χ0) is 16.7. The molecule has 2 N–H and O–H groups in total. The fraction of sp³-hybridized carbons (Fsp3) is 0.118. The molecule has 118 valence electrons. The van der Waals surface area contributed by atoms with Crippen molar-refractivity contribution >= 4 is 34.0 Å². The quantitative estimate of drug-likeness (QED) is 0.624. The van der Waals surface area contributed by atoms with Gasteiger partial charge in [0.15, 0.2) is 0 Å². The summed E-state index contributed by atoms with van der Waals surface area (Å²) in [6, 6.07) is 14.6. The third-order valence-electron chi connectivity index (χ3n) is 2.97. The summed E-state index contributed by atoms with van der Waals surface area (Å²) >= 11 is 3.35. The summed E-state index contributed by atoms with van der Waals surface area (Å²) in [7, 11) is 0. The summed E-state index contributed by atoms with van der Waals surface area (Å²) in [4.78, 5) is 23.5. The van der Waals surface area contributed by atoms with Gasteiger partial charge in [0.2, 0.25) is 0 Å². The van der Waals surface area contributed by atoms with E-state index in [9.17, 15) is 9.59 Å². The lowest BCUT2D eigenvalue weighted by atomic mass is 10.1. The molecule has 0 bridgehead atoms. The zero-order valence-corrected chi connectivity index (χ0v) is 14.1. The fourth-order valence-corrected chi connectivity index (χ4v) is 2.19. The van der Waals surface area contributed by atoms with Crippen LogP contribution >= 0.6 is 15.9 Å². The maximum atomic E-state index is 11.9. The van der Waals surface area contributed by atoms with Crippen molar-refractivity contribution in [2.75, 3.05) is 6.54 Å². The van der Waals surface area contributed by atoms with Crippen LogP contribution in [-0.4, -0.2) is 24.6 Å². The Morgan fingerprint density at radius 2 is 1.91 bits per heavy atom. The van der Waals surface area contributed by atoms with E-state index in [1.807, 2.05) is 43.3 Å². The van der Waals surface area contributed by atoms with Gasteiger partial charge in [-0.2, -0.15) is 5.10 Å². The van der Waals surface area contributed by atoms with Crippen LogP contribution < -0.4 is 10.7 Å². The van der Waals surface area contributed by atoms with Gasteiger partial charge < -0.3 is 5.32 Å². The predicted molar refractivity (Wildman–Crippen MR) is 93.4 cm³/mol. The molecule has 6 heteroatoms. The minimum Gasteiger partial charge on any atom is -0.343 e. The molecule has 0 aliphatic heterocycles. The number of benzene rings is 2. The molecular formula is C17H16BrN3O2. The molecule has 0 heterocycles. The molecule has 0 atom stereocenters. The zero-order valence-electron chi connectivity index (χ0n) is 12.5. The second kappa shape index (κ2) is 8.24. The Kier molecular flexibility index (Phi) is 6.05. The van der Waals surface area contributed by atoms with Crippen molar-refractivity contribution < 1.29 is 9.59 Å². The highest BCUT2D eigenvalue weighted by Gasteiger charge is 2.06. The first-order chi connectivity index (χ1) is 11.0. The molecule has 2 aromatic carbocycles. The average molecular weight is 374 g/mol. The third-order valence-corrected chi connectivity index (χ3v) is 3.47. The number of nitrogens with zero attached hydrogens (tertiary/aromatic N) is 1. The summed E-state index contributed by atoms with van der Waals surface area (Å²) < 4.78 is 0.929. The van der Waals surface area contributed by atoms with Crippen LogP contribution in [0.25, 0.3) is 0 Å². The van der Waals surface area contributed by atoms with Gasteiger partial charge in [0.05, 0.1) is 12.8 Å². The summed E-state index contributed by atoms with van der Waals surface area (Å²) in [6.45, 7) is 1.81. The van der Waals surface area contributed by atoms with Crippen LogP contribution in [0.15, 0.2) is 58.1 Å². The van der Waals surface area contributed by atoms with Crippen molar-refractivity contribution in [1.29, 1.82) is 0 Å². The molecule has 0 saturated heterocycles. The standard InChI is InChI=1S/C17H16BrN3O2/c1-12-5-7-14(8-6-12)17(23)19-11-16(22)21-20-10-13-3-2-4-15(18)9-13/h2-10H,11H2,1H3,(H,19,23)(H,21,22)/b20-10+. The van der Waals surface area contributed by atoms with Gasteiger partial charge >= 0.3 is 0 Å². The Balaban J connectivity index is 1.78. The summed E-state index contributed by atoms with van der Waals surface area (Å²) in [6.07, 6.45) is 1.53. The van der Waals surface area contributed by atoms with Crippen molar-refractivity contribution in [2.24, 2.45) is 5.10 Å². The molecule has 0 fully saturated rings. The Morgan fingerprint density at radius 1 is 1.17 bits per heavy atom. The minimum absolute atomic E-state index is 0.136. The van der Waals surface area contributed by atoms with E-state index in [-0.39, 0.29) is 12.5 Å². The topological polar surface area (TPSA) is 70.6 Å². The molecule has 2 rings (SSSR count). The largest absolute Gasteiger partial charge is 0.343 e. The van der Waals surface area contributed by atoms with Gasteiger partial charge in [-0.1, -0.05) is 45.8 Å². The molecule has 0 spiro atoms. The van der Waals surface area contributed by atoms with Crippen LogP contribution in [0.4, 0.5) is 0 Å². The smallest absolute Gasteiger partial charge is 0.259 e. The molecule has 5 nitrogen and oxygen atoms in total. The van der Waals surface area contributed by atoms with Gasteiger partial charge in [-0.15, -0.1) is 0 Å². The van der Waals surface area contributed by atoms with E-state index in [4.69, 9.17) is 0 Å². The summed E-state index contributed by atoms with van der Waals surface area (Å²) in [5.74, 6) is -0.687. The molecule has 0 saturated carbocycles. The highest BCUT2D eigenvalue weighted by molar-refractivity contribution is 9.10. The fourth-order valence-electron chi connectivity index (χ4n) is 1.77. The minimum atomic E-state index is -0.392. The highest BCUT2D eigenvalue weighted by atomic mass is 79.9. The lowest BCUT2D eigenvalue weighted by Crippen LogP contribution is -2.34. The Bertz CT molecular complexity index is 727. The normalized spacial score (nSPS) is 10.5. The first-order valence-corrected chi connectivity index (χ1v) is 7.76. The number of carbonyl (C=O) groups excluding carboxylic acids is 2. The second-order valence-corrected chi connectivity index (χ2v) is 5.81.